The maximum atomic E-state index is 13.3. The van der Waals surface area contributed by atoms with E-state index in [4.69, 9.17) is 5.73 Å². The van der Waals surface area contributed by atoms with Crippen molar-refractivity contribution in [1.82, 2.24) is 4.31 Å². The second kappa shape index (κ2) is 8.88. The highest BCUT2D eigenvalue weighted by atomic mass is 32.2. The van der Waals surface area contributed by atoms with E-state index in [9.17, 15) is 23.3 Å². The fraction of sp³-hybridized carbons (Fsp3) is 0. The van der Waals surface area contributed by atoms with E-state index >= 15 is 0 Å². The molecule has 1 aliphatic rings. The fourth-order valence-corrected chi connectivity index (χ4v) is 5.55. The van der Waals surface area contributed by atoms with Crippen molar-refractivity contribution in [2.24, 2.45) is 4.99 Å². The average molecular weight is 481 g/mol. The molecule has 0 unspecified atom stereocenters. The number of amides is 1. The van der Waals surface area contributed by atoms with Crippen molar-refractivity contribution in [3.63, 3.8) is 0 Å². The number of amidine groups is 1. The molecule has 0 saturated carbocycles. The number of nitrogens with zero attached hydrogens (tertiary/aromatic N) is 3. The van der Waals surface area contributed by atoms with Gasteiger partial charge in [-0.3, -0.25) is 14.9 Å². The Hall–Kier alpha value is -3.96. The van der Waals surface area contributed by atoms with Crippen LogP contribution >= 0.6 is 11.8 Å². The number of thioether (sulfide) groups is 1. The normalized spacial score (nSPS) is 16.5. The first-order valence-electron chi connectivity index (χ1n) is 9.49. The van der Waals surface area contributed by atoms with Crippen LogP contribution in [0.1, 0.15) is 5.56 Å². The lowest BCUT2D eigenvalue weighted by molar-refractivity contribution is -0.384. The van der Waals surface area contributed by atoms with Gasteiger partial charge in [-0.25, -0.2) is 13.4 Å². The average Bonchev–Trinajstić information content (AvgIpc) is 3.10. The third-order valence-electron chi connectivity index (χ3n) is 4.57. The minimum Gasteiger partial charge on any atom is -0.399 e. The van der Waals surface area contributed by atoms with Gasteiger partial charge in [-0.05, 0) is 71.9 Å². The Kier molecular flexibility index (Phi) is 5.99. The molecule has 9 nitrogen and oxygen atoms in total. The summed E-state index contributed by atoms with van der Waals surface area (Å²) in [5.41, 5.74) is 6.93. The van der Waals surface area contributed by atoms with Crippen molar-refractivity contribution in [3.8, 4) is 0 Å². The van der Waals surface area contributed by atoms with Crippen molar-refractivity contribution < 1.29 is 18.1 Å². The van der Waals surface area contributed by atoms with Gasteiger partial charge < -0.3 is 5.73 Å². The van der Waals surface area contributed by atoms with E-state index in [0.717, 1.165) is 11.8 Å². The SMILES string of the molecule is Nc1ccc(S(=O)(=O)N2C(=O)C(=Cc3ccc([N+](=O)[O-])cc3)SC2=Nc2ccccc2)cc1. The van der Waals surface area contributed by atoms with E-state index in [1.165, 1.54) is 54.6 Å². The van der Waals surface area contributed by atoms with Crippen LogP contribution in [-0.2, 0) is 14.8 Å². The van der Waals surface area contributed by atoms with Crippen molar-refractivity contribution in [1.29, 1.82) is 0 Å². The molecule has 1 aliphatic heterocycles. The van der Waals surface area contributed by atoms with Gasteiger partial charge in [0.2, 0.25) is 0 Å². The van der Waals surface area contributed by atoms with Crippen LogP contribution in [0.5, 0.6) is 0 Å². The standard InChI is InChI=1S/C22H16N4O5S2/c23-16-8-12-19(13-9-16)33(30,31)25-21(27)20(14-15-6-10-18(11-7-15)26(28)29)32-22(25)24-17-4-2-1-3-5-17/h1-14H,23H2. The first-order valence-corrected chi connectivity index (χ1v) is 11.7. The van der Waals surface area contributed by atoms with Gasteiger partial charge in [0.05, 0.1) is 20.4 Å². The molecule has 0 aromatic heterocycles. The van der Waals surface area contributed by atoms with E-state index in [2.05, 4.69) is 4.99 Å². The smallest absolute Gasteiger partial charge is 0.280 e. The molecule has 0 spiro atoms. The molecule has 11 heteroatoms. The second-order valence-electron chi connectivity index (χ2n) is 6.83. The Labute approximate surface area is 193 Å². The topological polar surface area (TPSA) is 136 Å². The number of sulfonamides is 1. The van der Waals surface area contributed by atoms with Gasteiger partial charge >= 0.3 is 0 Å². The molecule has 0 atom stereocenters. The molecular weight excluding hydrogens is 464 g/mol. The zero-order valence-electron chi connectivity index (χ0n) is 16.9. The van der Waals surface area contributed by atoms with E-state index < -0.39 is 20.9 Å². The number of para-hydroxylation sites is 1. The van der Waals surface area contributed by atoms with Crippen molar-refractivity contribution in [3.05, 3.63) is 99.4 Å². The molecule has 166 valence electrons. The Bertz CT molecular complexity index is 1380. The quantitative estimate of drug-likeness (QED) is 0.250. The summed E-state index contributed by atoms with van der Waals surface area (Å²) in [5, 5.41) is 10.8. The molecule has 1 heterocycles. The Morgan fingerprint density at radius 1 is 0.970 bits per heavy atom. The van der Waals surface area contributed by atoms with Crippen LogP contribution in [0.4, 0.5) is 17.1 Å². The van der Waals surface area contributed by atoms with Gasteiger partial charge in [0.25, 0.3) is 21.6 Å². The summed E-state index contributed by atoms with van der Waals surface area (Å²) in [6.07, 6.45) is 1.47. The molecule has 2 N–H and O–H groups in total. The molecule has 1 amide bonds. The molecule has 1 saturated heterocycles. The Morgan fingerprint density at radius 2 is 1.61 bits per heavy atom. The summed E-state index contributed by atoms with van der Waals surface area (Å²) >= 11 is 0.901. The lowest BCUT2D eigenvalue weighted by Gasteiger charge is -2.16. The molecule has 0 radical (unpaired) electrons. The summed E-state index contributed by atoms with van der Waals surface area (Å²) in [6, 6.07) is 19.7. The van der Waals surface area contributed by atoms with Crippen molar-refractivity contribution in [2.75, 3.05) is 5.73 Å². The maximum absolute atomic E-state index is 13.3. The Morgan fingerprint density at radius 3 is 2.21 bits per heavy atom. The number of nitrogens with two attached hydrogens (primary N) is 1. The summed E-state index contributed by atoms with van der Waals surface area (Å²) in [4.78, 5) is 27.9. The zero-order chi connectivity index (χ0) is 23.6. The van der Waals surface area contributed by atoms with E-state index in [1.807, 2.05) is 0 Å². The monoisotopic (exact) mass is 480 g/mol. The van der Waals surface area contributed by atoms with E-state index in [-0.39, 0.29) is 20.7 Å². The number of hydrogen-bond donors (Lipinski definition) is 1. The third-order valence-corrected chi connectivity index (χ3v) is 7.34. The largest absolute Gasteiger partial charge is 0.399 e. The van der Waals surface area contributed by atoms with Crippen LogP contribution < -0.4 is 5.73 Å². The third kappa shape index (κ3) is 4.64. The molecule has 3 aromatic carbocycles. The maximum Gasteiger partial charge on any atom is 0.280 e. The lowest BCUT2D eigenvalue weighted by Crippen LogP contribution is -2.35. The van der Waals surface area contributed by atoms with Gasteiger partial charge in [0.1, 0.15) is 0 Å². The molecular formula is C22H16N4O5S2. The first-order chi connectivity index (χ1) is 15.8. The van der Waals surface area contributed by atoms with Gasteiger partial charge in [-0.1, -0.05) is 18.2 Å². The fourth-order valence-electron chi connectivity index (χ4n) is 2.94. The molecule has 3 aromatic rings. The number of carbonyl (C=O) groups is 1. The number of nitro groups is 1. The van der Waals surface area contributed by atoms with Crippen molar-refractivity contribution >= 4 is 56.0 Å². The lowest BCUT2D eigenvalue weighted by atomic mass is 10.2. The summed E-state index contributed by atoms with van der Waals surface area (Å²) in [7, 11) is -4.27. The number of anilines is 1. The molecule has 1 fully saturated rings. The minimum absolute atomic E-state index is 0.0313. The van der Waals surface area contributed by atoms with Crippen LogP contribution in [0.3, 0.4) is 0 Å². The number of hydrogen-bond acceptors (Lipinski definition) is 8. The summed E-state index contributed by atoms with van der Waals surface area (Å²) < 4.78 is 27.3. The molecule has 0 bridgehead atoms. The van der Waals surface area contributed by atoms with Crippen molar-refractivity contribution in [2.45, 2.75) is 4.90 Å². The van der Waals surface area contributed by atoms with Crippen LogP contribution in [0.15, 0.2) is 93.7 Å². The highest BCUT2D eigenvalue weighted by Gasteiger charge is 2.42. The number of non-ortho nitro benzene ring substituents is 1. The summed E-state index contributed by atoms with van der Waals surface area (Å²) in [6.45, 7) is 0. The number of rotatable bonds is 5. The number of nitro benzene ring substituents is 1. The van der Waals surface area contributed by atoms with Gasteiger partial charge in [-0.2, -0.15) is 4.31 Å². The number of nitrogen functional groups attached to an aromatic ring is 1. The molecule has 4 rings (SSSR count). The molecule has 33 heavy (non-hydrogen) atoms. The number of carbonyl (C=O) groups excluding carboxylic acids is 1. The van der Waals surface area contributed by atoms with E-state index in [1.54, 1.807) is 30.3 Å². The van der Waals surface area contributed by atoms with E-state index in [0.29, 0.717) is 21.2 Å². The predicted octanol–water partition coefficient (Wildman–Crippen LogP) is 4.17. The van der Waals surface area contributed by atoms with Crippen LogP contribution in [0.2, 0.25) is 0 Å². The van der Waals surface area contributed by atoms with Gasteiger partial charge in [-0.15, -0.1) is 0 Å². The predicted molar refractivity (Wildman–Crippen MR) is 127 cm³/mol. The first kappa shape index (κ1) is 22.2. The number of aliphatic imine (C=N–C) groups is 1. The second-order valence-corrected chi connectivity index (χ2v) is 9.63. The highest BCUT2D eigenvalue weighted by molar-refractivity contribution is 8.20. The zero-order valence-corrected chi connectivity index (χ0v) is 18.5. The van der Waals surface area contributed by atoms with Crippen LogP contribution in [-0.4, -0.2) is 28.7 Å². The molecule has 0 aliphatic carbocycles. The summed E-state index contributed by atoms with van der Waals surface area (Å²) in [5.74, 6) is -0.773. The van der Waals surface area contributed by atoms with Crippen LogP contribution in [0, 0.1) is 10.1 Å². The highest BCUT2D eigenvalue weighted by Crippen LogP contribution is 2.38. The van der Waals surface area contributed by atoms with Crippen LogP contribution in [0.25, 0.3) is 6.08 Å². The number of benzene rings is 3. The van der Waals surface area contributed by atoms with Gasteiger partial charge in [0, 0.05) is 17.8 Å². The van der Waals surface area contributed by atoms with Gasteiger partial charge in [0.15, 0.2) is 5.17 Å². The Balaban J connectivity index is 1.78. The minimum atomic E-state index is -4.27.